The molecular formula is C10H10N2OS. The smallest absolute Gasteiger partial charge is 0.184 e. The molecule has 0 bridgehead atoms. The summed E-state index contributed by atoms with van der Waals surface area (Å²) in [5, 5.41) is 15.2. The van der Waals surface area contributed by atoms with E-state index in [0.29, 0.717) is 0 Å². The number of aromatic nitrogens is 1. The first-order valence-electron chi connectivity index (χ1n) is 4.25. The highest BCUT2D eigenvalue weighted by atomic mass is 32.1. The van der Waals surface area contributed by atoms with Gasteiger partial charge in [-0.2, -0.15) is 0 Å². The maximum absolute atomic E-state index is 9.75. The molecule has 0 saturated heterocycles. The van der Waals surface area contributed by atoms with Crippen LogP contribution in [0.4, 0.5) is 5.13 Å². The first-order valence-corrected chi connectivity index (χ1v) is 5.13. The number of nitrogens with one attached hydrogen (secondary N) is 1. The van der Waals surface area contributed by atoms with Crippen molar-refractivity contribution < 1.29 is 5.11 Å². The van der Waals surface area contributed by atoms with Crippen LogP contribution in [0.15, 0.2) is 41.9 Å². The number of rotatable bonds is 3. The predicted molar refractivity (Wildman–Crippen MR) is 57.1 cm³/mol. The second-order valence-corrected chi connectivity index (χ2v) is 3.69. The van der Waals surface area contributed by atoms with Crippen molar-refractivity contribution in [3.63, 3.8) is 0 Å². The molecule has 2 N–H and O–H groups in total. The van der Waals surface area contributed by atoms with E-state index in [1.54, 1.807) is 6.20 Å². The molecule has 0 unspecified atom stereocenters. The largest absolute Gasteiger partial charge is 0.369 e. The highest BCUT2D eigenvalue weighted by Crippen LogP contribution is 2.18. The van der Waals surface area contributed by atoms with Crippen LogP contribution in [0.1, 0.15) is 11.8 Å². The lowest BCUT2D eigenvalue weighted by Crippen LogP contribution is -2.08. The standard InChI is InChI=1S/C10H10N2OS/c13-9(8-4-2-1-3-5-8)12-10-11-6-7-14-10/h1-7,9,13H,(H,11,12)/t9-/m0/s1. The minimum Gasteiger partial charge on any atom is -0.369 e. The molecular weight excluding hydrogens is 196 g/mol. The van der Waals surface area contributed by atoms with E-state index >= 15 is 0 Å². The van der Waals surface area contributed by atoms with E-state index < -0.39 is 6.23 Å². The molecule has 1 aromatic heterocycles. The minimum absolute atomic E-state index is 0.692. The number of thiazole rings is 1. The summed E-state index contributed by atoms with van der Waals surface area (Å²) in [5.74, 6) is 0. The van der Waals surface area contributed by atoms with Crippen molar-refractivity contribution in [3.8, 4) is 0 Å². The van der Waals surface area contributed by atoms with Crippen molar-refractivity contribution in [2.45, 2.75) is 6.23 Å². The Morgan fingerprint density at radius 1 is 1.29 bits per heavy atom. The van der Waals surface area contributed by atoms with Gasteiger partial charge in [0.1, 0.15) is 0 Å². The molecule has 0 fully saturated rings. The minimum atomic E-state index is -0.692. The fourth-order valence-corrected chi connectivity index (χ4v) is 1.68. The summed E-state index contributed by atoms with van der Waals surface area (Å²) in [5.41, 5.74) is 0.836. The molecule has 0 aliphatic carbocycles. The van der Waals surface area contributed by atoms with Gasteiger partial charge in [-0.05, 0) is 0 Å². The molecule has 0 saturated carbocycles. The highest BCUT2D eigenvalue weighted by molar-refractivity contribution is 7.13. The third kappa shape index (κ3) is 2.10. The van der Waals surface area contributed by atoms with Crippen LogP contribution >= 0.6 is 11.3 Å². The van der Waals surface area contributed by atoms with Gasteiger partial charge in [0.25, 0.3) is 0 Å². The maximum Gasteiger partial charge on any atom is 0.184 e. The Hall–Kier alpha value is -1.39. The zero-order valence-electron chi connectivity index (χ0n) is 7.42. The average molecular weight is 206 g/mol. The number of benzene rings is 1. The number of anilines is 1. The van der Waals surface area contributed by atoms with Gasteiger partial charge in [0.2, 0.25) is 0 Å². The number of hydrogen-bond acceptors (Lipinski definition) is 4. The molecule has 0 spiro atoms. The normalized spacial score (nSPS) is 12.4. The number of aliphatic hydroxyl groups excluding tert-OH is 1. The van der Waals surface area contributed by atoms with Gasteiger partial charge >= 0.3 is 0 Å². The van der Waals surface area contributed by atoms with E-state index in [2.05, 4.69) is 10.3 Å². The molecule has 72 valence electrons. The topological polar surface area (TPSA) is 45.1 Å². The summed E-state index contributed by atoms with van der Waals surface area (Å²) in [6, 6.07) is 9.43. The Kier molecular flexibility index (Phi) is 2.76. The zero-order valence-corrected chi connectivity index (χ0v) is 8.24. The lowest BCUT2D eigenvalue weighted by molar-refractivity contribution is 0.208. The van der Waals surface area contributed by atoms with Crippen LogP contribution in [0.2, 0.25) is 0 Å². The predicted octanol–water partition coefficient (Wildman–Crippen LogP) is 2.25. The summed E-state index contributed by atoms with van der Waals surface area (Å²) in [7, 11) is 0. The molecule has 0 radical (unpaired) electrons. The van der Waals surface area contributed by atoms with Crippen molar-refractivity contribution in [2.24, 2.45) is 0 Å². The van der Waals surface area contributed by atoms with Crippen LogP contribution in [0.5, 0.6) is 0 Å². The van der Waals surface area contributed by atoms with E-state index in [4.69, 9.17) is 0 Å². The second-order valence-electron chi connectivity index (χ2n) is 2.79. The van der Waals surface area contributed by atoms with Crippen molar-refractivity contribution >= 4 is 16.5 Å². The molecule has 1 aromatic carbocycles. The first kappa shape index (κ1) is 9.18. The van der Waals surface area contributed by atoms with Crippen molar-refractivity contribution in [2.75, 3.05) is 5.32 Å². The van der Waals surface area contributed by atoms with Gasteiger partial charge in [-0.1, -0.05) is 30.3 Å². The number of nitrogens with zero attached hydrogens (tertiary/aromatic N) is 1. The third-order valence-corrected chi connectivity index (χ3v) is 2.51. The second kappa shape index (κ2) is 4.21. The van der Waals surface area contributed by atoms with Gasteiger partial charge in [0.05, 0.1) is 0 Å². The molecule has 2 aromatic rings. The van der Waals surface area contributed by atoms with E-state index in [9.17, 15) is 5.11 Å². The molecule has 0 aliphatic rings. The van der Waals surface area contributed by atoms with Crippen molar-refractivity contribution in [1.82, 2.24) is 4.98 Å². The Bertz CT molecular complexity index is 374. The molecule has 1 atom stereocenters. The van der Waals surface area contributed by atoms with Crippen LogP contribution in [-0.4, -0.2) is 10.1 Å². The van der Waals surface area contributed by atoms with E-state index in [1.165, 1.54) is 11.3 Å². The van der Waals surface area contributed by atoms with Gasteiger partial charge in [0.15, 0.2) is 11.4 Å². The van der Waals surface area contributed by atoms with Gasteiger partial charge < -0.3 is 10.4 Å². The fourth-order valence-electron chi connectivity index (χ4n) is 1.13. The third-order valence-electron chi connectivity index (χ3n) is 1.81. The Balaban J connectivity index is 2.07. The van der Waals surface area contributed by atoms with E-state index in [1.807, 2.05) is 35.7 Å². The number of aliphatic hydroxyl groups is 1. The molecule has 3 nitrogen and oxygen atoms in total. The quantitative estimate of drug-likeness (QED) is 0.757. The molecule has 4 heteroatoms. The van der Waals surface area contributed by atoms with Gasteiger partial charge in [-0.15, -0.1) is 11.3 Å². The lowest BCUT2D eigenvalue weighted by Gasteiger charge is -2.11. The summed E-state index contributed by atoms with van der Waals surface area (Å²) in [4.78, 5) is 4.03. The Labute approximate surface area is 86.1 Å². The van der Waals surface area contributed by atoms with Gasteiger partial charge in [-0.3, -0.25) is 0 Å². The molecule has 14 heavy (non-hydrogen) atoms. The Morgan fingerprint density at radius 2 is 2.07 bits per heavy atom. The fraction of sp³-hybridized carbons (Fsp3) is 0.100. The summed E-state index contributed by atoms with van der Waals surface area (Å²) >= 11 is 1.46. The van der Waals surface area contributed by atoms with Crippen LogP contribution in [0.3, 0.4) is 0 Å². The maximum atomic E-state index is 9.75. The summed E-state index contributed by atoms with van der Waals surface area (Å²) in [6.07, 6.45) is 1.01. The van der Waals surface area contributed by atoms with Crippen LogP contribution in [0.25, 0.3) is 0 Å². The number of hydrogen-bond donors (Lipinski definition) is 2. The lowest BCUT2D eigenvalue weighted by atomic mass is 10.2. The monoisotopic (exact) mass is 206 g/mol. The van der Waals surface area contributed by atoms with Crippen LogP contribution < -0.4 is 5.32 Å². The van der Waals surface area contributed by atoms with Crippen molar-refractivity contribution in [3.05, 3.63) is 47.5 Å². The van der Waals surface area contributed by atoms with E-state index in [0.717, 1.165) is 10.7 Å². The van der Waals surface area contributed by atoms with Crippen LogP contribution in [-0.2, 0) is 0 Å². The first-order chi connectivity index (χ1) is 6.86. The summed E-state index contributed by atoms with van der Waals surface area (Å²) in [6.45, 7) is 0. The Morgan fingerprint density at radius 3 is 2.71 bits per heavy atom. The average Bonchev–Trinajstić information content (AvgIpc) is 2.72. The van der Waals surface area contributed by atoms with Crippen LogP contribution in [0, 0.1) is 0 Å². The molecule has 0 aliphatic heterocycles. The molecule has 2 rings (SSSR count). The molecule has 1 heterocycles. The van der Waals surface area contributed by atoms with Gasteiger partial charge in [0, 0.05) is 17.1 Å². The van der Waals surface area contributed by atoms with E-state index in [-0.39, 0.29) is 0 Å². The molecule has 0 amide bonds. The highest BCUT2D eigenvalue weighted by Gasteiger charge is 2.06. The van der Waals surface area contributed by atoms with Crippen molar-refractivity contribution in [1.29, 1.82) is 0 Å². The zero-order chi connectivity index (χ0) is 9.80. The van der Waals surface area contributed by atoms with Gasteiger partial charge in [-0.25, -0.2) is 4.98 Å². The summed E-state index contributed by atoms with van der Waals surface area (Å²) < 4.78 is 0. The SMILES string of the molecule is O[C@H](Nc1nccs1)c1ccccc1.